The van der Waals surface area contributed by atoms with Crippen molar-refractivity contribution in [1.82, 2.24) is 4.85 Å². The van der Waals surface area contributed by atoms with Gasteiger partial charge in [0.2, 0.25) is 10.8 Å². The molecule has 1 aromatic carbocycles. The first-order chi connectivity index (χ1) is 6.31. The Morgan fingerprint density at radius 2 is 2.31 bits per heavy atom. The monoisotopic (exact) mass is 175 g/mol. The topological polar surface area (TPSA) is 60.3 Å². The standard InChI is InChI=1S/C9H6N2O2/c12-8-4-6-2-1-3-7(5-10-13)9(6)11-8/h1-3,5H,4H2/p+1. The molecular formula is C9H7N2O2+. The lowest BCUT2D eigenvalue weighted by molar-refractivity contribution is -0.115. The van der Waals surface area contributed by atoms with Gasteiger partial charge in [0.25, 0.3) is 0 Å². The number of nitrogens with zero attached hydrogens (tertiary/aromatic N) is 1. The average molecular weight is 175 g/mol. The first-order valence-corrected chi connectivity index (χ1v) is 3.88. The van der Waals surface area contributed by atoms with Crippen LogP contribution in [0.3, 0.4) is 0 Å². The molecule has 13 heavy (non-hydrogen) atoms. The fraction of sp³-hybridized carbons (Fsp3) is 0.111. The van der Waals surface area contributed by atoms with Crippen molar-refractivity contribution in [2.24, 2.45) is 0 Å². The molecule has 1 aromatic rings. The van der Waals surface area contributed by atoms with Crippen LogP contribution in [0.5, 0.6) is 0 Å². The molecule has 4 heteroatoms. The van der Waals surface area contributed by atoms with E-state index in [4.69, 9.17) is 0 Å². The third-order valence-corrected chi connectivity index (χ3v) is 1.99. The largest absolute Gasteiger partial charge is 0.370 e. The van der Waals surface area contributed by atoms with Crippen LogP contribution >= 0.6 is 0 Å². The molecule has 0 fully saturated rings. The van der Waals surface area contributed by atoms with Gasteiger partial charge < -0.3 is 5.32 Å². The van der Waals surface area contributed by atoms with Gasteiger partial charge in [0, 0.05) is 0 Å². The van der Waals surface area contributed by atoms with Gasteiger partial charge in [-0.25, -0.2) is 0 Å². The number of hydrogen-bond acceptors (Lipinski definition) is 2. The Bertz CT molecular complexity index is 420. The van der Waals surface area contributed by atoms with Crippen LogP contribution in [0.25, 0.3) is 0 Å². The second-order valence-electron chi connectivity index (χ2n) is 2.84. The molecule has 2 rings (SSSR count). The van der Waals surface area contributed by atoms with Gasteiger partial charge in [-0.1, -0.05) is 12.1 Å². The summed E-state index contributed by atoms with van der Waals surface area (Å²) < 4.78 is 0. The van der Waals surface area contributed by atoms with Gasteiger partial charge in [0.05, 0.1) is 17.7 Å². The van der Waals surface area contributed by atoms with Crippen LogP contribution in [0.1, 0.15) is 11.1 Å². The van der Waals surface area contributed by atoms with Crippen LogP contribution in [-0.4, -0.2) is 12.1 Å². The van der Waals surface area contributed by atoms with Gasteiger partial charge in [0.1, 0.15) is 0 Å². The van der Waals surface area contributed by atoms with Crippen molar-refractivity contribution in [1.29, 1.82) is 0 Å². The number of amides is 1. The number of carbonyl (C=O) groups excluding carboxylic acids is 1. The van der Waals surface area contributed by atoms with E-state index in [1.807, 2.05) is 6.07 Å². The highest BCUT2D eigenvalue weighted by atomic mass is 16.2. The van der Waals surface area contributed by atoms with Crippen molar-refractivity contribution in [2.45, 2.75) is 6.42 Å². The molecule has 0 radical (unpaired) electrons. The molecule has 0 aromatic heterocycles. The Kier molecular flexibility index (Phi) is 1.69. The third-order valence-electron chi connectivity index (χ3n) is 1.99. The summed E-state index contributed by atoms with van der Waals surface area (Å²) in [5, 5.41) is 2.68. The smallest absolute Gasteiger partial charge is 0.325 e. The SMILES string of the molecule is O=[N+]=Cc1cccc2c1NC(=O)C2. The number of benzene rings is 1. The summed E-state index contributed by atoms with van der Waals surface area (Å²) in [5.74, 6) is -0.0400. The van der Waals surface area contributed by atoms with Crippen molar-refractivity contribution < 1.29 is 4.79 Å². The molecule has 0 bridgehead atoms. The van der Waals surface area contributed by atoms with Crippen LogP contribution in [-0.2, 0) is 11.2 Å². The molecule has 1 aliphatic heterocycles. The maximum Gasteiger partial charge on any atom is 0.370 e. The van der Waals surface area contributed by atoms with E-state index in [0.717, 1.165) is 5.56 Å². The van der Waals surface area contributed by atoms with Crippen molar-refractivity contribution in [3.63, 3.8) is 0 Å². The van der Waals surface area contributed by atoms with E-state index < -0.39 is 0 Å². The zero-order valence-electron chi connectivity index (χ0n) is 6.78. The fourth-order valence-corrected chi connectivity index (χ4v) is 1.44. The number of rotatable bonds is 1. The fourth-order valence-electron chi connectivity index (χ4n) is 1.44. The van der Waals surface area contributed by atoms with Gasteiger partial charge in [-0.15, -0.1) is 0 Å². The van der Waals surface area contributed by atoms with Crippen LogP contribution in [0.4, 0.5) is 5.69 Å². The maximum absolute atomic E-state index is 11.0. The number of nitrogens with one attached hydrogen (secondary N) is 1. The van der Waals surface area contributed by atoms with Crippen LogP contribution in [0, 0.1) is 4.91 Å². The molecule has 1 heterocycles. The highest BCUT2D eigenvalue weighted by molar-refractivity contribution is 6.04. The maximum atomic E-state index is 11.0. The molecule has 0 aliphatic carbocycles. The van der Waals surface area contributed by atoms with E-state index in [-0.39, 0.29) is 5.91 Å². The Labute approximate surface area is 74.3 Å². The van der Waals surface area contributed by atoms with Gasteiger partial charge in [0.15, 0.2) is 4.91 Å². The molecule has 4 nitrogen and oxygen atoms in total. The van der Waals surface area contributed by atoms with Crippen LogP contribution in [0.2, 0.25) is 0 Å². The first-order valence-electron chi connectivity index (χ1n) is 3.88. The van der Waals surface area contributed by atoms with Crippen LogP contribution < -0.4 is 10.2 Å². The molecule has 64 valence electrons. The molecule has 0 spiro atoms. The second-order valence-corrected chi connectivity index (χ2v) is 2.84. The predicted molar refractivity (Wildman–Crippen MR) is 49.4 cm³/mol. The Morgan fingerprint density at radius 1 is 1.46 bits per heavy atom. The third kappa shape index (κ3) is 1.23. The van der Waals surface area contributed by atoms with E-state index in [9.17, 15) is 9.70 Å². The minimum atomic E-state index is -0.0400. The van der Waals surface area contributed by atoms with E-state index in [2.05, 4.69) is 10.2 Å². The van der Waals surface area contributed by atoms with Crippen molar-refractivity contribution in [3.05, 3.63) is 34.2 Å². The van der Waals surface area contributed by atoms with Crippen molar-refractivity contribution in [3.8, 4) is 0 Å². The summed E-state index contributed by atoms with van der Waals surface area (Å²) in [6.45, 7) is 0. The van der Waals surface area contributed by atoms with Gasteiger partial charge in [-0.05, 0) is 11.6 Å². The zero-order chi connectivity index (χ0) is 9.26. The molecule has 0 atom stereocenters. The number of para-hydroxylation sites is 1. The Balaban J connectivity index is 2.57. The summed E-state index contributed by atoms with van der Waals surface area (Å²) in [6.07, 6.45) is 1.58. The average Bonchev–Trinajstić information content (AvgIpc) is 2.47. The molecule has 1 aliphatic rings. The summed E-state index contributed by atoms with van der Waals surface area (Å²) in [7, 11) is 0. The van der Waals surface area contributed by atoms with Gasteiger partial charge >= 0.3 is 6.21 Å². The zero-order valence-corrected chi connectivity index (χ0v) is 6.78. The number of fused-ring (bicyclic) bond motifs is 1. The highest BCUT2D eigenvalue weighted by Gasteiger charge is 2.21. The number of anilines is 1. The molecule has 0 saturated heterocycles. The molecule has 0 saturated carbocycles. The molecule has 1 N–H and O–H groups in total. The molecule has 1 amide bonds. The molecular weight excluding hydrogens is 168 g/mol. The van der Waals surface area contributed by atoms with E-state index in [1.54, 1.807) is 12.1 Å². The summed E-state index contributed by atoms with van der Waals surface area (Å²) in [4.78, 5) is 23.7. The first kappa shape index (κ1) is 7.71. The number of nitroso groups, excluding NO2 is 1. The normalized spacial score (nSPS) is 13.1. The predicted octanol–water partition coefficient (Wildman–Crippen LogP) is 0.434. The summed E-state index contributed by atoms with van der Waals surface area (Å²) >= 11 is 0. The quantitative estimate of drug-likeness (QED) is 0.497. The lowest BCUT2D eigenvalue weighted by Gasteiger charge is -1.97. The van der Waals surface area contributed by atoms with Crippen molar-refractivity contribution >= 4 is 17.8 Å². The van der Waals surface area contributed by atoms with Crippen molar-refractivity contribution in [2.75, 3.05) is 5.32 Å². The second kappa shape index (κ2) is 2.84. The van der Waals surface area contributed by atoms with E-state index in [1.165, 1.54) is 6.21 Å². The van der Waals surface area contributed by atoms with Crippen LogP contribution in [0.15, 0.2) is 18.2 Å². The number of hydrogen-bond donors (Lipinski definition) is 1. The van der Waals surface area contributed by atoms with Gasteiger partial charge in [-0.2, -0.15) is 0 Å². The van der Waals surface area contributed by atoms with E-state index in [0.29, 0.717) is 17.7 Å². The lowest BCUT2D eigenvalue weighted by Crippen LogP contribution is -2.04. The summed E-state index contributed by atoms with van der Waals surface area (Å²) in [5.41, 5.74) is 2.30. The Morgan fingerprint density at radius 3 is 3.08 bits per heavy atom. The molecule has 0 unspecified atom stereocenters. The lowest BCUT2D eigenvalue weighted by atomic mass is 10.1. The minimum absolute atomic E-state index is 0.0400. The highest BCUT2D eigenvalue weighted by Crippen LogP contribution is 2.25. The number of carbonyl (C=O) groups is 1. The van der Waals surface area contributed by atoms with E-state index >= 15 is 0 Å². The minimum Gasteiger partial charge on any atom is -0.325 e. The van der Waals surface area contributed by atoms with Gasteiger partial charge in [-0.3, -0.25) is 4.79 Å². The summed E-state index contributed by atoms with van der Waals surface area (Å²) in [6, 6.07) is 5.40. The Hall–Kier alpha value is -1.93.